The third-order valence-electron chi connectivity index (χ3n) is 4.54. The van der Waals surface area contributed by atoms with Gasteiger partial charge < -0.3 is 14.5 Å². The lowest BCUT2D eigenvalue weighted by Gasteiger charge is -2.38. The maximum absolute atomic E-state index is 14.1. The van der Waals surface area contributed by atoms with Gasteiger partial charge in [-0.15, -0.1) is 0 Å². The number of rotatable bonds is 5. The van der Waals surface area contributed by atoms with Crippen LogP contribution in [0.1, 0.15) is 40.0 Å². The van der Waals surface area contributed by atoms with Crippen LogP contribution in [0.25, 0.3) is 0 Å². The summed E-state index contributed by atoms with van der Waals surface area (Å²) in [5, 5.41) is 0. The molecule has 0 saturated carbocycles. The summed E-state index contributed by atoms with van der Waals surface area (Å²) < 4.78 is 20.2. The van der Waals surface area contributed by atoms with E-state index in [1.54, 1.807) is 0 Å². The van der Waals surface area contributed by atoms with Gasteiger partial charge in [0, 0.05) is 32.7 Å². The van der Waals surface area contributed by atoms with E-state index in [9.17, 15) is 4.39 Å². The Labute approximate surface area is 123 Å². The van der Waals surface area contributed by atoms with Crippen LogP contribution in [0.3, 0.4) is 0 Å². The first-order valence-corrected chi connectivity index (χ1v) is 8.32. The Kier molecular flexibility index (Phi) is 6.24. The lowest BCUT2D eigenvalue weighted by atomic mass is 10.0. The highest BCUT2D eigenvalue weighted by Gasteiger charge is 2.32. The quantitative estimate of drug-likeness (QED) is 0.772. The fraction of sp³-hybridized carbons (Fsp3) is 1.00. The van der Waals surface area contributed by atoms with Crippen LogP contribution in [0.2, 0.25) is 0 Å². The first-order chi connectivity index (χ1) is 9.58. The monoisotopic (exact) mass is 286 g/mol. The van der Waals surface area contributed by atoms with Crippen LogP contribution >= 0.6 is 0 Å². The minimum atomic E-state index is -0.808. The van der Waals surface area contributed by atoms with Gasteiger partial charge >= 0.3 is 0 Å². The molecule has 0 spiro atoms. The van der Waals surface area contributed by atoms with Gasteiger partial charge in [0.1, 0.15) is 6.17 Å². The Morgan fingerprint density at radius 1 is 1.10 bits per heavy atom. The summed E-state index contributed by atoms with van der Waals surface area (Å²) in [6.07, 6.45) is 2.27. The Morgan fingerprint density at radius 3 is 2.30 bits per heavy atom. The van der Waals surface area contributed by atoms with Crippen molar-refractivity contribution < 1.29 is 9.13 Å². The minimum Gasteiger partial charge on any atom is -0.372 e. The first kappa shape index (κ1) is 16.2. The van der Waals surface area contributed by atoms with E-state index in [1.165, 1.54) is 6.54 Å². The number of nitrogens with zero attached hydrogens (tertiary/aromatic N) is 2. The molecule has 2 fully saturated rings. The van der Waals surface area contributed by atoms with E-state index in [0.717, 1.165) is 51.4 Å². The third kappa shape index (κ3) is 4.68. The molecular weight excluding hydrogens is 255 g/mol. The normalized spacial score (nSPS) is 31.1. The van der Waals surface area contributed by atoms with Crippen LogP contribution in [0.4, 0.5) is 4.39 Å². The molecule has 20 heavy (non-hydrogen) atoms. The number of hydrogen-bond acceptors (Lipinski definition) is 3. The maximum atomic E-state index is 14.1. The molecule has 0 radical (unpaired) electrons. The van der Waals surface area contributed by atoms with Gasteiger partial charge in [0.05, 0.1) is 12.2 Å². The summed E-state index contributed by atoms with van der Waals surface area (Å²) in [5.41, 5.74) is 0. The zero-order valence-electron chi connectivity index (χ0n) is 13.4. The van der Waals surface area contributed by atoms with Crippen LogP contribution < -0.4 is 0 Å². The molecule has 0 bridgehead atoms. The molecule has 0 N–H and O–H groups in total. The molecule has 2 aliphatic heterocycles. The number of hydrogen-bond donors (Lipinski definition) is 0. The topological polar surface area (TPSA) is 15.7 Å². The number of halogens is 1. The second kappa shape index (κ2) is 7.71. The number of ether oxygens (including phenoxy) is 1. The standard InChI is InChI=1S/C16H31FN2O/c1-4-18-10-7-16(15(17)12-18)20-14-5-8-19(9-6-14)11-13(2)3/h13-16H,4-12H2,1-3H3. The molecule has 118 valence electrons. The lowest BCUT2D eigenvalue weighted by Crippen LogP contribution is -2.48. The van der Waals surface area contributed by atoms with Crippen molar-refractivity contribution in [3.63, 3.8) is 0 Å². The molecule has 2 heterocycles. The predicted molar refractivity (Wildman–Crippen MR) is 80.8 cm³/mol. The molecule has 0 aromatic rings. The Bertz CT molecular complexity index is 280. The second-order valence-corrected chi connectivity index (χ2v) is 6.77. The van der Waals surface area contributed by atoms with Gasteiger partial charge in [-0.25, -0.2) is 4.39 Å². The number of likely N-dealkylation sites (tertiary alicyclic amines) is 2. The summed E-state index contributed by atoms with van der Waals surface area (Å²) >= 11 is 0. The zero-order valence-corrected chi connectivity index (χ0v) is 13.4. The van der Waals surface area contributed by atoms with E-state index in [2.05, 4.69) is 30.6 Å². The molecule has 2 rings (SSSR count). The second-order valence-electron chi connectivity index (χ2n) is 6.77. The Morgan fingerprint density at radius 2 is 1.75 bits per heavy atom. The zero-order chi connectivity index (χ0) is 14.5. The first-order valence-electron chi connectivity index (χ1n) is 8.32. The average molecular weight is 286 g/mol. The fourth-order valence-corrected chi connectivity index (χ4v) is 3.38. The van der Waals surface area contributed by atoms with Crippen LogP contribution in [0.5, 0.6) is 0 Å². The highest BCUT2D eigenvalue weighted by molar-refractivity contribution is 4.83. The van der Waals surface area contributed by atoms with Crippen LogP contribution in [0, 0.1) is 5.92 Å². The van der Waals surface area contributed by atoms with Gasteiger partial charge in [0.15, 0.2) is 0 Å². The van der Waals surface area contributed by atoms with Crippen molar-refractivity contribution in [2.24, 2.45) is 5.92 Å². The van der Waals surface area contributed by atoms with Crippen LogP contribution in [-0.2, 0) is 4.74 Å². The molecule has 2 atom stereocenters. The highest BCUT2D eigenvalue weighted by Crippen LogP contribution is 2.23. The van der Waals surface area contributed by atoms with E-state index < -0.39 is 6.17 Å². The highest BCUT2D eigenvalue weighted by atomic mass is 19.1. The van der Waals surface area contributed by atoms with Crippen molar-refractivity contribution in [2.45, 2.75) is 58.4 Å². The maximum Gasteiger partial charge on any atom is 0.139 e. The fourth-order valence-electron chi connectivity index (χ4n) is 3.38. The molecular formula is C16H31FN2O. The van der Waals surface area contributed by atoms with Gasteiger partial charge in [-0.3, -0.25) is 0 Å². The van der Waals surface area contributed by atoms with E-state index in [-0.39, 0.29) is 12.2 Å². The lowest BCUT2D eigenvalue weighted by molar-refractivity contribution is -0.0984. The molecule has 2 saturated heterocycles. The third-order valence-corrected chi connectivity index (χ3v) is 4.54. The molecule has 2 aliphatic rings. The van der Waals surface area contributed by atoms with Crippen molar-refractivity contribution in [3.8, 4) is 0 Å². The summed E-state index contributed by atoms with van der Waals surface area (Å²) in [6.45, 7) is 12.5. The molecule has 0 aromatic carbocycles. The Hall–Kier alpha value is -0.190. The largest absolute Gasteiger partial charge is 0.372 e. The summed E-state index contributed by atoms with van der Waals surface area (Å²) in [5.74, 6) is 0.723. The van der Waals surface area contributed by atoms with Crippen molar-refractivity contribution in [1.29, 1.82) is 0 Å². The van der Waals surface area contributed by atoms with E-state index >= 15 is 0 Å². The Balaban J connectivity index is 1.70. The van der Waals surface area contributed by atoms with Crippen molar-refractivity contribution in [2.75, 3.05) is 39.3 Å². The van der Waals surface area contributed by atoms with Crippen molar-refractivity contribution >= 4 is 0 Å². The number of alkyl halides is 1. The molecule has 2 unspecified atom stereocenters. The van der Waals surface area contributed by atoms with Gasteiger partial charge in [-0.05, 0) is 31.7 Å². The summed E-state index contributed by atoms with van der Waals surface area (Å²) in [6, 6.07) is 0. The smallest absolute Gasteiger partial charge is 0.139 e. The average Bonchev–Trinajstić information content (AvgIpc) is 2.42. The summed E-state index contributed by atoms with van der Waals surface area (Å²) in [4.78, 5) is 4.69. The van der Waals surface area contributed by atoms with Gasteiger partial charge in [0.2, 0.25) is 0 Å². The van der Waals surface area contributed by atoms with Crippen molar-refractivity contribution in [1.82, 2.24) is 9.80 Å². The minimum absolute atomic E-state index is 0.167. The van der Waals surface area contributed by atoms with Gasteiger partial charge in [-0.1, -0.05) is 20.8 Å². The number of piperidine rings is 2. The molecule has 0 aliphatic carbocycles. The predicted octanol–water partition coefficient (Wildman–Crippen LogP) is 2.56. The molecule has 0 amide bonds. The molecule has 0 aromatic heterocycles. The van der Waals surface area contributed by atoms with E-state index in [0.29, 0.717) is 6.54 Å². The molecule has 3 nitrogen and oxygen atoms in total. The van der Waals surface area contributed by atoms with Gasteiger partial charge in [-0.2, -0.15) is 0 Å². The van der Waals surface area contributed by atoms with Crippen LogP contribution in [0.15, 0.2) is 0 Å². The van der Waals surface area contributed by atoms with Gasteiger partial charge in [0.25, 0.3) is 0 Å². The van der Waals surface area contributed by atoms with E-state index in [4.69, 9.17) is 4.74 Å². The SMILES string of the molecule is CCN1CCC(OC2CCN(CC(C)C)CC2)C(F)C1. The summed E-state index contributed by atoms with van der Waals surface area (Å²) in [7, 11) is 0. The molecule has 4 heteroatoms. The van der Waals surface area contributed by atoms with Crippen LogP contribution in [-0.4, -0.2) is 67.4 Å². The van der Waals surface area contributed by atoms with E-state index in [1.807, 2.05) is 0 Å². The van der Waals surface area contributed by atoms with Crippen molar-refractivity contribution in [3.05, 3.63) is 0 Å².